The number of hydrogen-bond acceptors (Lipinski definition) is 5. The van der Waals surface area contributed by atoms with Crippen LogP contribution in [0.1, 0.15) is 27.3 Å². The van der Waals surface area contributed by atoms with Crippen LogP contribution in [0.2, 0.25) is 0 Å². The van der Waals surface area contributed by atoms with Crippen molar-refractivity contribution < 1.29 is 9.21 Å². The third-order valence-electron chi connectivity index (χ3n) is 4.16. The average molecular weight is 345 g/mol. The van der Waals surface area contributed by atoms with Gasteiger partial charge in [-0.05, 0) is 31.2 Å². The summed E-state index contributed by atoms with van der Waals surface area (Å²) in [6.07, 6.45) is 3.24. The Morgan fingerprint density at radius 1 is 1.04 bits per heavy atom. The van der Waals surface area contributed by atoms with Gasteiger partial charge >= 0.3 is 5.76 Å². The lowest BCUT2D eigenvalue weighted by molar-refractivity contribution is 0.103. The van der Waals surface area contributed by atoms with Crippen molar-refractivity contribution in [1.29, 1.82) is 0 Å². The van der Waals surface area contributed by atoms with Gasteiger partial charge in [0.1, 0.15) is 5.82 Å². The summed E-state index contributed by atoms with van der Waals surface area (Å²) in [5, 5.41) is 0. The summed E-state index contributed by atoms with van der Waals surface area (Å²) in [6, 6.07) is 14.1. The minimum atomic E-state index is -0.507. The fourth-order valence-corrected chi connectivity index (χ4v) is 2.78. The Balaban J connectivity index is 1.71. The van der Waals surface area contributed by atoms with E-state index in [4.69, 9.17) is 4.42 Å². The lowest BCUT2D eigenvalue weighted by Gasteiger charge is -2.03. The largest absolute Gasteiger partial charge is 0.420 e. The van der Waals surface area contributed by atoms with Crippen LogP contribution in [0.5, 0.6) is 0 Å². The molecule has 0 spiro atoms. The van der Waals surface area contributed by atoms with E-state index in [1.54, 1.807) is 48.8 Å². The Kier molecular flexibility index (Phi) is 3.93. The smallest absolute Gasteiger partial charge is 0.408 e. The van der Waals surface area contributed by atoms with Crippen LogP contribution in [-0.2, 0) is 6.54 Å². The van der Waals surface area contributed by atoms with E-state index in [2.05, 4.69) is 9.97 Å². The van der Waals surface area contributed by atoms with Gasteiger partial charge in [0, 0.05) is 23.5 Å². The van der Waals surface area contributed by atoms with Crippen LogP contribution >= 0.6 is 0 Å². The van der Waals surface area contributed by atoms with Gasteiger partial charge in [-0.1, -0.05) is 29.8 Å². The van der Waals surface area contributed by atoms with E-state index in [0.717, 1.165) is 5.56 Å². The van der Waals surface area contributed by atoms with Gasteiger partial charge in [0.2, 0.25) is 0 Å². The molecule has 2 aromatic heterocycles. The highest BCUT2D eigenvalue weighted by molar-refractivity contribution is 6.10. The second-order valence-electron chi connectivity index (χ2n) is 6.00. The standard InChI is InChI=1S/C20H15N3O3/c1-13-3-5-14(6-4-13)19(24)15-7-8-16-17(11-15)26-20(25)23(16)12-18-21-9-2-10-22-18/h2-11H,12H2,1H3. The van der Waals surface area contributed by atoms with Gasteiger partial charge in [0.05, 0.1) is 12.1 Å². The summed E-state index contributed by atoms with van der Waals surface area (Å²) in [4.78, 5) is 33.1. The predicted molar refractivity (Wildman–Crippen MR) is 96.2 cm³/mol. The van der Waals surface area contributed by atoms with Crippen molar-refractivity contribution >= 4 is 16.9 Å². The zero-order valence-electron chi connectivity index (χ0n) is 14.0. The van der Waals surface area contributed by atoms with E-state index >= 15 is 0 Å². The van der Waals surface area contributed by atoms with Crippen LogP contribution in [0, 0.1) is 6.92 Å². The van der Waals surface area contributed by atoms with Crippen molar-refractivity contribution in [1.82, 2.24) is 14.5 Å². The lowest BCUT2D eigenvalue weighted by Crippen LogP contribution is -2.16. The summed E-state index contributed by atoms with van der Waals surface area (Å²) in [6.45, 7) is 2.17. The van der Waals surface area contributed by atoms with Crippen LogP contribution in [-0.4, -0.2) is 20.3 Å². The molecule has 4 aromatic rings. The first-order valence-corrected chi connectivity index (χ1v) is 8.12. The maximum atomic E-state index is 12.6. The summed E-state index contributed by atoms with van der Waals surface area (Å²) in [7, 11) is 0. The summed E-state index contributed by atoms with van der Waals surface area (Å²) in [5.74, 6) is -0.113. The molecule has 128 valence electrons. The lowest BCUT2D eigenvalue weighted by atomic mass is 10.0. The molecule has 6 heteroatoms. The van der Waals surface area contributed by atoms with Crippen molar-refractivity contribution in [2.24, 2.45) is 0 Å². The topological polar surface area (TPSA) is 78.0 Å². The van der Waals surface area contributed by atoms with Crippen LogP contribution in [0.25, 0.3) is 11.1 Å². The number of oxazole rings is 1. The van der Waals surface area contributed by atoms with Gasteiger partial charge in [-0.25, -0.2) is 14.8 Å². The maximum absolute atomic E-state index is 12.6. The quantitative estimate of drug-likeness (QED) is 0.531. The molecule has 4 rings (SSSR count). The minimum Gasteiger partial charge on any atom is -0.408 e. The second kappa shape index (κ2) is 6.40. The fraction of sp³-hybridized carbons (Fsp3) is 0.100. The van der Waals surface area contributed by atoms with Crippen LogP contribution < -0.4 is 5.76 Å². The molecule has 0 bridgehead atoms. The number of benzene rings is 2. The van der Waals surface area contributed by atoms with Crippen LogP contribution in [0.4, 0.5) is 0 Å². The molecule has 0 saturated heterocycles. The van der Waals surface area contributed by atoms with Crippen molar-refractivity contribution in [2.45, 2.75) is 13.5 Å². The molecule has 0 saturated carbocycles. The van der Waals surface area contributed by atoms with Gasteiger partial charge in [0.25, 0.3) is 0 Å². The third-order valence-corrected chi connectivity index (χ3v) is 4.16. The molecule has 0 amide bonds. The summed E-state index contributed by atoms with van der Waals surface area (Å²) < 4.78 is 6.77. The van der Waals surface area contributed by atoms with Crippen molar-refractivity contribution in [3.05, 3.63) is 94.0 Å². The first kappa shape index (κ1) is 16.0. The highest BCUT2D eigenvalue weighted by Crippen LogP contribution is 2.18. The van der Waals surface area contributed by atoms with Crippen LogP contribution in [0.15, 0.2) is 70.1 Å². The SMILES string of the molecule is Cc1ccc(C(=O)c2ccc3c(c2)oc(=O)n3Cc2ncccn2)cc1. The molecule has 26 heavy (non-hydrogen) atoms. The molecule has 0 aliphatic heterocycles. The monoisotopic (exact) mass is 345 g/mol. The summed E-state index contributed by atoms with van der Waals surface area (Å²) >= 11 is 0. The Morgan fingerprint density at radius 3 is 2.46 bits per heavy atom. The molecule has 0 aliphatic carbocycles. The van der Waals surface area contributed by atoms with E-state index in [9.17, 15) is 9.59 Å². The Bertz CT molecular complexity index is 1140. The molecule has 0 unspecified atom stereocenters. The van der Waals surface area contributed by atoms with E-state index in [0.29, 0.717) is 28.1 Å². The zero-order chi connectivity index (χ0) is 18.1. The van der Waals surface area contributed by atoms with Crippen molar-refractivity contribution in [3.8, 4) is 0 Å². The maximum Gasteiger partial charge on any atom is 0.420 e. The van der Waals surface area contributed by atoms with Crippen molar-refractivity contribution in [2.75, 3.05) is 0 Å². The Hall–Kier alpha value is -3.54. The number of nitrogens with zero attached hydrogens (tertiary/aromatic N) is 3. The Morgan fingerprint density at radius 2 is 1.73 bits per heavy atom. The van der Waals surface area contributed by atoms with E-state index < -0.39 is 5.76 Å². The molecule has 0 radical (unpaired) electrons. The van der Waals surface area contributed by atoms with Gasteiger partial charge in [-0.3, -0.25) is 9.36 Å². The molecule has 0 atom stereocenters. The first-order valence-electron chi connectivity index (χ1n) is 8.12. The molecular formula is C20H15N3O3. The van der Waals surface area contributed by atoms with E-state index in [1.165, 1.54) is 4.57 Å². The number of rotatable bonds is 4. The van der Waals surface area contributed by atoms with Gasteiger partial charge < -0.3 is 4.42 Å². The third kappa shape index (κ3) is 2.93. The fourth-order valence-electron chi connectivity index (χ4n) is 2.78. The number of carbonyl (C=O) groups is 1. The van der Waals surface area contributed by atoms with E-state index in [1.807, 2.05) is 19.1 Å². The minimum absolute atomic E-state index is 0.117. The molecule has 0 N–H and O–H groups in total. The Labute approximate surface area is 148 Å². The number of aromatic nitrogens is 3. The molecule has 0 fully saturated rings. The summed E-state index contributed by atoms with van der Waals surface area (Å²) in [5.41, 5.74) is 3.11. The number of hydrogen-bond donors (Lipinski definition) is 0. The molecule has 6 nitrogen and oxygen atoms in total. The van der Waals surface area contributed by atoms with Crippen molar-refractivity contribution in [3.63, 3.8) is 0 Å². The zero-order valence-corrected chi connectivity index (χ0v) is 14.0. The van der Waals surface area contributed by atoms with Gasteiger partial charge in [-0.15, -0.1) is 0 Å². The number of ketones is 1. The first-order chi connectivity index (χ1) is 12.6. The molecular weight excluding hydrogens is 330 g/mol. The van der Waals surface area contributed by atoms with Crippen LogP contribution in [0.3, 0.4) is 0 Å². The predicted octanol–water partition coefficient (Wildman–Crippen LogP) is 2.97. The molecule has 2 heterocycles. The number of aryl methyl sites for hydroxylation is 1. The van der Waals surface area contributed by atoms with Gasteiger partial charge in [-0.2, -0.15) is 0 Å². The average Bonchev–Trinajstić information content (AvgIpc) is 2.97. The number of fused-ring (bicyclic) bond motifs is 1. The highest BCUT2D eigenvalue weighted by Gasteiger charge is 2.15. The normalized spacial score (nSPS) is 11.0. The van der Waals surface area contributed by atoms with Gasteiger partial charge in [0.15, 0.2) is 11.4 Å². The second-order valence-corrected chi connectivity index (χ2v) is 6.00. The molecule has 2 aromatic carbocycles. The highest BCUT2D eigenvalue weighted by atomic mass is 16.4. The van der Waals surface area contributed by atoms with E-state index in [-0.39, 0.29) is 12.3 Å². The number of carbonyl (C=O) groups excluding carboxylic acids is 1. The molecule has 0 aliphatic rings.